The first kappa shape index (κ1) is 20.9. The minimum absolute atomic E-state index is 0.0112. The summed E-state index contributed by atoms with van der Waals surface area (Å²) >= 11 is 0. The molecule has 2 aliphatic rings. The van der Waals surface area contributed by atoms with Crippen molar-refractivity contribution in [1.29, 1.82) is 0 Å². The smallest absolute Gasteiger partial charge is 0.534 e. The lowest BCUT2D eigenvalue weighted by Crippen LogP contribution is -2.53. The number of nitrogens with one attached hydrogen (secondary N) is 2. The molecule has 152 valence electrons. The molecular weight excluding hydrogens is 351 g/mol. The molecule has 0 bridgehead atoms. The Morgan fingerprint density at radius 1 is 1.32 bits per heavy atom. The van der Waals surface area contributed by atoms with E-state index in [1.54, 1.807) is 0 Å². The molecule has 1 aliphatic heterocycles. The molecule has 0 spiro atoms. The molecule has 3 rings (SSSR count). The second kappa shape index (κ2) is 9.61. The highest BCUT2D eigenvalue weighted by Gasteiger charge is 2.37. The van der Waals surface area contributed by atoms with E-state index in [9.17, 15) is 9.82 Å². The Balaban J connectivity index is 1.51. The van der Waals surface area contributed by atoms with E-state index < -0.39 is 13.1 Å². The number of hydrogen-bond donors (Lipinski definition) is 3. The topological polar surface area (TPSA) is 70.6 Å². The molecule has 1 aromatic carbocycles. The van der Waals surface area contributed by atoms with Gasteiger partial charge < -0.3 is 20.3 Å². The molecule has 6 heteroatoms. The Morgan fingerprint density at radius 3 is 2.75 bits per heavy atom. The van der Waals surface area contributed by atoms with E-state index >= 15 is 0 Å². The zero-order valence-corrected chi connectivity index (χ0v) is 17.2. The lowest BCUT2D eigenvalue weighted by molar-refractivity contribution is -0.122. The van der Waals surface area contributed by atoms with E-state index in [0.717, 1.165) is 55.3 Å². The predicted octanol–water partition coefficient (Wildman–Crippen LogP) is 3.11. The number of benzene rings is 1. The Hall–Kier alpha value is -1.79. The van der Waals surface area contributed by atoms with Crippen LogP contribution in [-0.2, 0) is 11.2 Å². The molecule has 1 aromatic rings. The molecule has 1 aliphatic carbocycles. The largest absolute Gasteiger partial charge is 0.547 e. The van der Waals surface area contributed by atoms with Gasteiger partial charge in [-0.25, -0.2) is 0 Å². The van der Waals surface area contributed by atoms with Crippen molar-refractivity contribution < 1.29 is 14.5 Å². The number of rotatable bonds is 7. The van der Waals surface area contributed by atoms with Crippen molar-refractivity contribution in [3.8, 4) is 5.75 Å². The van der Waals surface area contributed by atoms with Crippen molar-refractivity contribution in [1.82, 2.24) is 10.6 Å². The highest BCUT2D eigenvalue weighted by atomic mass is 16.5. The Kier molecular flexibility index (Phi) is 7.19. The number of amides is 1. The Labute approximate surface area is 169 Å². The van der Waals surface area contributed by atoms with Crippen molar-refractivity contribution in [2.75, 3.05) is 6.54 Å². The van der Waals surface area contributed by atoms with E-state index in [1.807, 2.05) is 25.1 Å². The van der Waals surface area contributed by atoms with Gasteiger partial charge in [0, 0.05) is 18.0 Å². The molecule has 3 N–H and O–H groups in total. The molecule has 0 radical (unpaired) electrons. The molecule has 1 fully saturated rings. The van der Waals surface area contributed by atoms with E-state index in [4.69, 9.17) is 4.65 Å². The fourth-order valence-electron chi connectivity index (χ4n) is 4.33. The maximum atomic E-state index is 12.6. The number of carbonyl (C=O) groups is 1. The highest BCUT2D eigenvalue weighted by Crippen LogP contribution is 2.33. The Bertz CT molecular complexity index is 701. The number of hydrogen-bond acceptors (Lipinski definition) is 4. The minimum atomic E-state index is -1.04. The fourth-order valence-corrected chi connectivity index (χ4v) is 4.33. The molecular formula is C22H33BN2O3. The summed E-state index contributed by atoms with van der Waals surface area (Å²) in [6, 6.07) is 6.50. The second-order valence-electron chi connectivity index (χ2n) is 8.34. The van der Waals surface area contributed by atoms with E-state index in [2.05, 4.69) is 24.1 Å². The first-order valence-electron chi connectivity index (χ1n) is 10.6. The molecule has 1 saturated carbocycles. The third-order valence-electron chi connectivity index (χ3n) is 5.93. The fraction of sp³-hybridized carbons (Fsp3) is 0.591. The van der Waals surface area contributed by atoms with Crippen LogP contribution in [0, 0.1) is 5.92 Å². The van der Waals surface area contributed by atoms with E-state index in [-0.39, 0.29) is 5.91 Å². The molecule has 1 atom stereocenters. The third kappa shape index (κ3) is 5.18. The third-order valence-corrected chi connectivity index (χ3v) is 5.93. The van der Waals surface area contributed by atoms with Gasteiger partial charge in [-0.3, -0.25) is 4.79 Å². The monoisotopic (exact) mass is 384 g/mol. The molecule has 0 unspecified atom stereocenters. The van der Waals surface area contributed by atoms with Gasteiger partial charge >= 0.3 is 7.12 Å². The van der Waals surface area contributed by atoms with Crippen LogP contribution in [-0.4, -0.2) is 36.6 Å². The first-order valence-corrected chi connectivity index (χ1v) is 10.6. The van der Waals surface area contributed by atoms with Crippen LogP contribution in [0.25, 0.3) is 5.57 Å². The number of para-hydroxylation sites is 1. The second-order valence-corrected chi connectivity index (χ2v) is 8.34. The van der Waals surface area contributed by atoms with Crippen LogP contribution in [0.2, 0.25) is 0 Å². The maximum absolute atomic E-state index is 12.6. The molecule has 1 amide bonds. The highest BCUT2D eigenvalue weighted by molar-refractivity contribution is 6.46. The van der Waals surface area contributed by atoms with Crippen LogP contribution in [0.4, 0.5) is 0 Å². The van der Waals surface area contributed by atoms with Crippen molar-refractivity contribution in [2.45, 2.75) is 70.8 Å². The van der Waals surface area contributed by atoms with Crippen LogP contribution < -0.4 is 15.3 Å². The predicted molar refractivity (Wildman–Crippen MR) is 114 cm³/mol. The summed E-state index contributed by atoms with van der Waals surface area (Å²) in [4.78, 5) is 12.6. The van der Waals surface area contributed by atoms with Gasteiger partial charge in [0.2, 0.25) is 5.91 Å². The minimum Gasteiger partial charge on any atom is -0.534 e. The summed E-state index contributed by atoms with van der Waals surface area (Å²) in [5.74, 6) is 0.717. The summed E-state index contributed by atoms with van der Waals surface area (Å²) in [6.45, 7) is 9.16. The van der Waals surface area contributed by atoms with Gasteiger partial charge in [0.15, 0.2) is 0 Å². The van der Waals surface area contributed by atoms with Gasteiger partial charge in [0.05, 0.1) is 5.94 Å². The Morgan fingerprint density at radius 2 is 2.07 bits per heavy atom. The van der Waals surface area contributed by atoms with Crippen LogP contribution in [0.3, 0.4) is 0 Å². The van der Waals surface area contributed by atoms with Gasteiger partial charge in [-0.2, -0.15) is 0 Å². The summed E-state index contributed by atoms with van der Waals surface area (Å²) in [6.07, 6.45) is 6.71. The van der Waals surface area contributed by atoms with Gasteiger partial charge in [0.1, 0.15) is 5.75 Å². The lowest BCUT2D eigenvalue weighted by atomic mass is 9.72. The zero-order chi connectivity index (χ0) is 20.1. The van der Waals surface area contributed by atoms with Crippen LogP contribution in [0.5, 0.6) is 5.75 Å². The summed E-state index contributed by atoms with van der Waals surface area (Å²) < 4.78 is 5.75. The van der Waals surface area contributed by atoms with Gasteiger partial charge in [-0.05, 0) is 69.0 Å². The first-order chi connectivity index (χ1) is 13.5. The molecule has 28 heavy (non-hydrogen) atoms. The standard InChI is InChI=1S/C22H33BN2O3/c1-4-12-24-18-10-8-16(9-11-18)13-21(26)25-20-14-17-6-5-7-19(15(2)3)22(17)28-23(20)27/h5-7,16,18,20,24,27H,2,4,8-14H2,1,3H3,(H,25,26)/t16?,18?,20-/m0/s1. The van der Waals surface area contributed by atoms with Gasteiger partial charge in [0.25, 0.3) is 0 Å². The van der Waals surface area contributed by atoms with Crippen molar-refractivity contribution in [3.05, 3.63) is 35.9 Å². The number of carbonyl (C=O) groups excluding carboxylic acids is 1. The van der Waals surface area contributed by atoms with Gasteiger partial charge in [-0.15, -0.1) is 0 Å². The average molecular weight is 384 g/mol. The van der Waals surface area contributed by atoms with E-state index in [1.165, 1.54) is 0 Å². The molecule has 5 nitrogen and oxygen atoms in total. The van der Waals surface area contributed by atoms with E-state index in [0.29, 0.717) is 30.6 Å². The molecule has 1 heterocycles. The molecule has 0 aromatic heterocycles. The van der Waals surface area contributed by atoms with Gasteiger partial charge in [-0.1, -0.05) is 31.7 Å². The van der Waals surface area contributed by atoms with Crippen molar-refractivity contribution in [3.63, 3.8) is 0 Å². The van der Waals surface area contributed by atoms with Crippen LogP contribution in [0.1, 0.15) is 63.5 Å². The molecule has 0 saturated heterocycles. The lowest BCUT2D eigenvalue weighted by Gasteiger charge is -2.31. The van der Waals surface area contributed by atoms with Crippen molar-refractivity contribution >= 4 is 18.6 Å². The maximum Gasteiger partial charge on any atom is 0.547 e. The van der Waals surface area contributed by atoms with Crippen molar-refractivity contribution in [2.24, 2.45) is 5.92 Å². The number of fused-ring (bicyclic) bond motifs is 1. The van der Waals surface area contributed by atoms with Crippen LogP contribution >= 0.6 is 0 Å². The SMILES string of the molecule is C=C(C)c1cccc2c1OB(O)[C@@H](NC(=O)CC1CCC(NCCC)CC1)C2. The quantitative estimate of drug-likeness (QED) is 0.632. The summed E-state index contributed by atoms with van der Waals surface area (Å²) in [5, 5.41) is 17.0. The summed E-state index contributed by atoms with van der Waals surface area (Å²) in [5.41, 5.74) is 2.81. The zero-order valence-electron chi connectivity index (χ0n) is 17.2. The average Bonchev–Trinajstić information content (AvgIpc) is 2.67. The summed E-state index contributed by atoms with van der Waals surface area (Å²) in [7, 11) is -1.04. The number of allylic oxidation sites excluding steroid dienone is 1. The normalized spacial score (nSPS) is 24.2. The van der Waals surface area contributed by atoms with Crippen LogP contribution in [0.15, 0.2) is 24.8 Å².